The molecule has 0 spiro atoms. The topological polar surface area (TPSA) is 15.3 Å². The molecule has 4 heteroatoms. The van der Waals surface area contributed by atoms with Crippen molar-refractivity contribution in [3.63, 3.8) is 0 Å². The number of piperidine rings is 2. The van der Waals surface area contributed by atoms with Crippen LogP contribution in [0.15, 0.2) is 0 Å². The third-order valence-electron chi connectivity index (χ3n) is 2.86. The minimum absolute atomic E-state index is 0.0556. The summed E-state index contributed by atoms with van der Waals surface area (Å²) >= 11 is 0. The van der Waals surface area contributed by atoms with Gasteiger partial charge in [0.1, 0.15) is 0 Å². The van der Waals surface area contributed by atoms with Crippen molar-refractivity contribution in [1.82, 2.24) is 10.2 Å². The van der Waals surface area contributed by atoms with Crippen molar-refractivity contribution < 1.29 is 8.78 Å². The van der Waals surface area contributed by atoms with Crippen LogP contribution >= 0.6 is 0 Å². The van der Waals surface area contributed by atoms with Gasteiger partial charge in [0, 0.05) is 6.42 Å². The van der Waals surface area contributed by atoms with E-state index < -0.39 is 5.92 Å². The largest absolute Gasteiger partial charge is 0.311 e. The van der Waals surface area contributed by atoms with Crippen molar-refractivity contribution in [2.75, 3.05) is 33.2 Å². The van der Waals surface area contributed by atoms with Gasteiger partial charge < -0.3 is 10.2 Å². The highest BCUT2D eigenvalue weighted by Gasteiger charge is 2.30. The van der Waals surface area contributed by atoms with E-state index >= 15 is 0 Å². The lowest BCUT2D eigenvalue weighted by molar-refractivity contribution is -0.0208. The van der Waals surface area contributed by atoms with Crippen molar-refractivity contribution in [3.8, 4) is 0 Å². The second-order valence-electron chi connectivity index (χ2n) is 4.50. The van der Waals surface area contributed by atoms with E-state index in [0.29, 0.717) is 6.42 Å². The molecule has 2 fully saturated rings. The van der Waals surface area contributed by atoms with Gasteiger partial charge in [-0.1, -0.05) is 6.42 Å². The lowest BCUT2D eigenvalue weighted by Crippen LogP contribution is -2.38. The lowest BCUT2D eigenvalue weighted by atomic mass is 10.1. The first kappa shape index (κ1) is 12.8. The van der Waals surface area contributed by atoms with Crippen LogP contribution in [0.1, 0.15) is 32.1 Å². The molecule has 0 aromatic rings. The maximum Gasteiger partial charge on any atom is 0.260 e. The van der Waals surface area contributed by atoms with E-state index in [2.05, 4.69) is 17.3 Å². The Labute approximate surface area is 91.0 Å². The van der Waals surface area contributed by atoms with Gasteiger partial charge in [0.2, 0.25) is 0 Å². The molecule has 2 saturated heterocycles. The standard InChI is InChI=1S/C6H13N.C5H9F2N/c1-7-5-3-2-4-6-7;6-5(7)2-1-3-8-4-5/h2-6H2,1H3;8H,1-4H2. The Balaban J connectivity index is 0.000000151. The van der Waals surface area contributed by atoms with Crippen molar-refractivity contribution in [2.45, 2.75) is 38.0 Å². The van der Waals surface area contributed by atoms with Crippen LogP contribution in [0.5, 0.6) is 0 Å². The summed E-state index contributed by atoms with van der Waals surface area (Å²) in [5.41, 5.74) is 0. The normalized spacial score (nSPS) is 26.6. The molecule has 2 nitrogen and oxygen atoms in total. The van der Waals surface area contributed by atoms with E-state index in [1.807, 2.05) is 0 Å². The first-order chi connectivity index (χ1) is 7.10. The molecular formula is C11H22F2N2. The Morgan fingerprint density at radius 1 is 1.07 bits per heavy atom. The first-order valence-corrected chi connectivity index (χ1v) is 5.87. The zero-order valence-corrected chi connectivity index (χ0v) is 9.57. The molecule has 2 rings (SSSR count). The zero-order valence-electron chi connectivity index (χ0n) is 9.57. The number of alkyl halides is 2. The molecule has 15 heavy (non-hydrogen) atoms. The van der Waals surface area contributed by atoms with Crippen LogP contribution < -0.4 is 5.32 Å². The summed E-state index contributed by atoms with van der Waals surface area (Å²) in [7, 11) is 2.19. The van der Waals surface area contributed by atoms with Gasteiger partial charge >= 0.3 is 0 Å². The molecule has 0 atom stereocenters. The van der Waals surface area contributed by atoms with Gasteiger partial charge in [-0.2, -0.15) is 0 Å². The molecular weight excluding hydrogens is 198 g/mol. The molecule has 2 heterocycles. The third kappa shape index (κ3) is 6.05. The predicted octanol–water partition coefficient (Wildman–Crippen LogP) is 2.11. The number of rotatable bonds is 0. The number of likely N-dealkylation sites (tertiary alicyclic amines) is 1. The fourth-order valence-electron chi connectivity index (χ4n) is 1.88. The molecule has 0 radical (unpaired) electrons. The molecule has 0 aliphatic carbocycles. The van der Waals surface area contributed by atoms with Crippen molar-refractivity contribution in [2.24, 2.45) is 0 Å². The number of halogens is 2. The third-order valence-corrected chi connectivity index (χ3v) is 2.86. The Kier molecular flexibility index (Phi) is 5.47. The average Bonchev–Trinajstić information content (AvgIpc) is 2.19. The Hall–Kier alpha value is -0.220. The van der Waals surface area contributed by atoms with E-state index in [4.69, 9.17) is 0 Å². The molecule has 2 aliphatic heterocycles. The quantitative estimate of drug-likeness (QED) is 0.672. The molecule has 0 amide bonds. The van der Waals surface area contributed by atoms with E-state index in [9.17, 15) is 8.78 Å². The van der Waals surface area contributed by atoms with Crippen molar-refractivity contribution in [1.29, 1.82) is 0 Å². The minimum Gasteiger partial charge on any atom is -0.311 e. The minimum atomic E-state index is -2.43. The number of hydrogen-bond acceptors (Lipinski definition) is 2. The van der Waals surface area contributed by atoms with Gasteiger partial charge in [-0.05, 0) is 45.9 Å². The van der Waals surface area contributed by atoms with E-state index in [0.717, 1.165) is 6.54 Å². The Morgan fingerprint density at radius 2 is 1.73 bits per heavy atom. The van der Waals surface area contributed by atoms with Crippen LogP contribution in [0.4, 0.5) is 8.78 Å². The summed E-state index contributed by atoms with van der Waals surface area (Å²) in [6, 6.07) is 0. The highest BCUT2D eigenvalue weighted by atomic mass is 19.3. The van der Waals surface area contributed by atoms with Crippen LogP contribution in [0.3, 0.4) is 0 Å². The maximum absolute atomic E-state index is 12.1. The molecule has 90 valence electrons. The van der Waals surface area contributed by atoms with Gasteiger partial charge in [-0.25, -0.2) is 8.78 Å². The lowest BCUT2D eigenvalue weighted by Gasteiger charge is -2.21. The van der Waals surface area contributed by atoms with Gasteiger partial charge in [-0.15, -0.1) is 0 Å². The van der Waals surface area contributed by atoms with Crippen LogP contribution in [-0.4, -0.2) is 44.0 Å². The van der Waals surface area contributed by atoms with E-state index in [-0.39, 0.29) is 13.0 Å². The summed E-state index contributed by atoms with van der Waals surface area (Å²) in [6.45, 7) is 3.25. The van der Waals surface area contributed by atoms with E-state index in [1.54, 1.807) is 0 Å². The maximum atomic E-state index is 12.1. The van der Waals surface area contributed by atoms with Crippen LogP contribution in [0, 0.1) is 0 Å². The molecule has 2 aliphatic rings. The van der Waals surface area contributed by atoms with Crippen LogP contribution in [0.25, 0.3) is 0 Å². The molecule has 1 N–H and O–H groups in total. The molecule has 0 bridgehead atoms. The van der Waals surface area contributed by atoms with E-state index in [1.165, 1.54) is 32.4 Å². The SMILES string of the molecule is CN1CCCCC1.FC1(F)CCCNC1. The zero-order chi connectivity index (χ0) is 11.1. The smallest absolute Gasteiger partial charge is 0.260 e. The van der Waals surface area contributed by atoms with Gasteiger partial charge in [0.25, 0.3) is 5.92 Å². The predicted molar refractivity (Wildman–Crippen MR) is 58.4 cm³/mol. The summed E-state index contributed by atoms with van der Waals surface area (Å²) in [4.78, 5) is 2.39. The van der Waals surface area contributed by atoms with Gasteiger partial charge in [0.05, 0.1) is 6.54 Å². The monoisotopic (exact) mass is 220 g/mol. The molecule has 0 saturated carbocycles. The second kappa shape index (κ2) is 6.38. The Morgan fingerprint density at radius 3 is 2.00 bits per heavy atom. The fourth-order valence-corrected chi connectivity index (χ4v) is 1.88. The fraction of sp³-hybridized carbons (Fsp3) is 1.00. The van der Waals surface area contributed by atoms with Crippen LogP contribution in [0.2, 0.25) is 0 Å². The van der Waals surface area contributed by atoms with Crippen molar-refractivity contribution >= 4 is 0 Å². The molecule has 0 aromatic carbocycles. The summed E-state index contributed by atoms with van der Waals surface area (Å²) in [6.07, 6.45) is 4.93. The highest BCUT2D eigenvalue weighted by Crippen LogP contribution is 2.21. The second-order valence-corrected chi connectivity index (χ2v) is 4.50. The summed E-state index contributed by atoms with van der Waals surface area (Å²) in [5, 5.41) is 2.62. The molecule has 0 unspecified atom stereocenters. The highest BCUT2D eigenvalue weighted by molar-refractivity contribution is 4.74. The number of nitrogens with zero attached hydrogens (tertiary/aromatic N) is 1. The summed E-state index contributed by atoms with van der Waals surface area (Å²) in [5.74, 6) is -2.43. The van der Waals surface area contributed by atoms with Gasteiger partial charge in [-0.3, -0.25) is 0 Å². The first-order valence-electron chi connectivity index (χ1n) is 5.87. The number of hydrogen-bond donors (Lipinski definition) is 1. The average molecular weight is 220 g/mol. The molecule has 0 aromatic heterocycles. The number of nitrogens with one attached hydrogen (secondary N) is 1. The van der Waals surface area contributed by atoms with Crippen LogP contribution in [-0.2, 0) is 0 Å². The summed E-state index contributed by atoms with van der Waals surface area (Å²) < 4.78 is 24.3. The Bertz CT molecular complexity index is 160. The van der Waals surface area contributed by atoms with Gasteiger partial charge in [0.15, 0.2) is 0 Å². The van der Waals surface area contributed by atoms with Crippen molar-refractivity contribution in [3.05, 3.63) is 0 Å².